The number of fused-ring (bicyclic) bond motifs is 1. The summed E-state index contributed by atoms with van der Waals surface area (Å²) in [4.78, 5) is 16.8. The van der Waals surface area contributed by atoms with Crippen molar-refractivity contribution in [3.05, 3.63) is 57.7 Å². The second kappa shape index (κ2) is 8.33. The van der Waals surface area contributed by atoms with Gasteiger partial charge in [0.05, 0.1) is 16.8 Å². The number of benzene rings is 2. The topological polar surface area (TPSA) is 42.0 Å². The van der Waals surface area contributed by atoms with Crippen molar-refractivity contribution < 1.29 is 4.79 Å². The van der Waals surface area contributed by atoms with Crippen molar-refractivity contribution in [1.82, 2.24) is 4.98 Å². The second-order valence-corrected chi connectivity index (χ2v) is 8.69. The first-order chi connectivity index (χ1) is 13.9. The number of halogens is 2. The Morgan fingerprint density at radius 2 is 1.72 bits per heavy atom. The summed E-state index contributed by atoms with van der Waals surface area (Å²) in [5, 5.41) is 5.91. The summed E-state index contributed by atoms with van der Waals surface area (Å²) in [6.45, 7) is 3.50. The lowest BCUT2D eigenvalue weighted by molar-refractivity contribution is 0.101. The first-order valence-electron chi connectivity index (χ1n) is 10.1. The van der Waals surface area contributed by atoms with Crippen molar-refractivity contribution in [2.24, 2.45) is 0 Å². The summed E-state index contributed by atoms with van der Waals surface area (Å²) in [6.07, 6.45) is 7.68. The number of aromatic nitrogens is 1. The van der Waals surface area contributed by atoms with Gasteiger partial charge >= 0.3 is 0 Å². The van der Waals surface area contributed by atoms with Crippen molar-refractivity contribution in [1.29, 1.82) is 0 Å². The van der Waals surface area contributed by atoms with Gasteiger partial charge in [0, 0.05) is 27.7 Å². The van der Waals surface area contributed by atoms with Gasteiger partial charge in [0.2, 0.25) is 0 Å². The Kier molecular flexibility index (Phi) is 5.80. The van der Waals surface area contributed by atoms with Crippen LogP contribution in [0, 0.1) is 6.92 Å². The fourth-order valence-corrected chi connectivity index (χ4v) is 4.54. The molecule has 29 heavy (non-hydrogen) atoms. The molecular formula is C24H24Cl2N2O. The molecule has 1 saturated carbocycles. The molecule has 1 N–H and O–H groups in total. The van der Waals surface area contributed by atoms with Gasteiger partial charge in [-0.05, 0) is 67.6 Å². The molecule has 0 spiro atoms. The van der Waals surface area contributed by atoms with Gasteiger partial charge < -0.3 is 5.32 Å². The van der Waals surface area contributed by atoms with Crippen LogP contribution in [0.15, 0.2) is 36.5 Å². The largest absolute Gasteiger partial charge is 0.381 e. The van der Waals surface area contributed by atoms with Crippen LogP contribution >= 0.6 is 23.2 Å². The molecular weight excluding hydrogens is 403 g/mol. The van der Waals surface area contributed by atoms with Crippen LogP contribution in [0.1, 0.15) is 54.9 Å². The third-order valence-electron chi connectivity index (χ3n) is 5.82. The van der Waals surface area contributed by atoms with Gasteiger partial charge in [-0.2, -0.15) is 0 Å². The molecule has 1 aliphatic rings. The van der Waals surface area contributed by atoms with Crippen LogP contribution in [-0.4, -0.2) is 16.8 Å². The number of nitrogens with zero attached hydrogens (tertiary/aromatic N) is 1. The minimum atomic E-state index is 0.0181. The van der Waals surface area contributed by atoms with E-state index in [1.807, 2.05) is 31.2 Å². The number of pyridine rings is 1. The van der Waals surface area contributed by atoms with E-state index < -0.39 is 0 Å². The average molecular weight is 427 g/mol. The van der Waals surface area contributed by atoms with Crippen LogP contribution in [0.4, 0.5) is 5.69 Å². The van der Waals surface area contributed by atoms with Crippen molar-refractivity contribution >= 4 is 45.6 Å². The van der Waals surface area contributed by atoms with Gasteiger partial charge in [-0.25, -0.2) is 0 Å². The van der Waals surface area contributed by atoms with Gasteiger partial charge in [0.1, 0.15) is 0 Å². The zero-order chi connectivity index (χ0) is 20.5. The van der Waals surface area contributed by atoms with E-state index in [9.17, 15) is 4.79 Å². The molecule has 0 amide bonds. The fourth-order valence-electron chi connectivity index (χ4n) is 4.06. The highest BCUT2D eigenvalue weighted by Crippen LogP contribution is 2.35. The molecule has 5 heteroatoms. The molecule has 0 saturated heterocycles. The highest BCUT2D eigenvalue weighted by Gasteiger charge is 2.19. The maximum absolute atomic E-state index is 12.3. The molecule has 0 atom stereocenters. The van der Waals surface area contributed by atoms with Crippen molar-refractivity contribution in [3.8, 4) is 11.1 Å². The first-order valence-corrected chi connectivity index (χ1v) is 10.9. The Morgan fingerprint density at radius 1 is 1.03 bits per heavy atom. The number of carbonyl (C=O) groups is 1. The number of Topliss-reactive ketones (excluding diaryl/α,β-unsaturated/α-hetero) is 1. The summed E-state index contributed by atoms with van der Waals surface area (Å²) in [5.41, 5.74) is 5.21. The molecule has 3 aromatic rings. The number of nitrogens with one attached hydrogen (secondary N) is 1. The summed E-state index contributed by atoms with van der Waals surface area (Å²) < 4.78 is 0. The number of anilines is 1. The van der Waals surface area contributed by atoms with E-state index in [4.69, 9.17) is 23.2 Å². The molecule has 2 aromatic carbocycles. The highest BCUT2D eigenvalue weighted by atomic mass is 35.5. The van der Waals surface area contributed by atoms with Crippen molar-refractivity contribution in [2.45, 2.75) is 52.0 Å². The zero-order valence-electron chi connectivity index (χ0n) is 16.7. The van der Waals surface area contributed by atoms with Gasteiger partial charge in [-0.3, -0.25) is 9.78 Å². The molecule has 1 heterocycles. The van der Waals surface area contributed by atoms with Gasteiger partial charge in [0.25, 0.3) is 0 Å². The van der Waals surface area contributed by atoms with E-state index in [0.717, 1.165) is 46.1 Å². The smallest absolute Gasteiger partial charge is 0.163 e. The maximum atomic E-state index is 12.3. The molecule has 3 nitrogen and oxygen atoms in total. The lowest BCUT2D eigenvalue weighted by atomic mass is 9.94. The fraction of sp³-hybridized carbons (Fsp3) is 0.333. The molecule has 0 radical (unpaired) electrons. The Morgan fingerprint density at radius 3 is 2.38 bits per heavy atom. The quantitative estimate of drug-likeness (QED) is 0.439. The monoisotopic (exact) mass is 426 g/mol. The Labute approximate surface area is 181 Å². The molecule has 150 valence electrons. The summed E-state index contributed by atoms with van der Waals surface area (Å²) >= 11 is 12.7. The van der Waals surface area contributed by atoms with Crippen LogP contribution in [0.3, 0.4) is 0 Å². The van der Waals surface area contributed by atoms with Crippen molar-refractivity contribution in [2.75, 3.05) is 5.32 Å². The lowest BCUT2D eigenvalue weighted by Crippen LogP contribution is -2.23. The zero-order valence-corrected chi connectivity index (χ0v) is 18.2. The van der Waals surface area contributed by atoms with Gasteiger partial charge in [0.15, 0.2) is 5.78 Å². The third kappa shape index (κ3) is 4.12. The molecule has 1 aromatic heterocycles. The molecule has 0 bridgehead atoms. The maximum Gasteiger partial charge on any atom is 0.163 e. The number of hydrogen-bond donors (Lipinski definition) is 1. The molecule has 0 unspecified atom stereocenters. The normalized spacial score (nSPS) is 14.9. The molecule has 1 fully saturated rings. The van der Waals surface area contributed by atoms with Crippen LogP contribution in [0.2, 0.25) is 10.0 Å². The minimum absolute atomic E-state index is 0.0181. The Hall–Kier alpha value is -2.10. The second-order valence-electron chi connectivity index (χ2n) is 7.88. The minimum Gasteiger partial charge on any atom is -0.381 e. The van der Waals surface area contributed by atoms with Crippen LogP contribution in [0.5, 0.6) is 0 Å². The van der Waals surface area contributed by atoms with E-state index in [2.05, 4.69) is 16.4 Å². The van der Waals surface area contributed by atoms with E-state index >= 15 is 0 Å². The third-order valence-corrected chi connectivity index (χ3v) is 6.60. The summed E-state index contributed by atoms with van der Waals surface area (Å²) in [7, 11) is 0. The predicted octanol–water partition coefficient (Wildman–Crippen LogP) is 7.46. The summed E-state index contributed by atoms with van der Waals surface area (Å²) in [5.74, 6) is 0.0181. The Bertz CT molecular complexity index is 1060. The highest BCUT2D eigenvalue weighted by molar-refractivity contribution is 6.36. The standard InChI is InChI=1S/C24H24Cl2N2O/c1-14-21(25)11-17(12-22(14)26)16-8-9-23-19(10-16)24(20(13-27-23)15(2)29)28-18-6-4-3-5-7-18/h8-13,18H,3-7H2,1-2H3,(H,27,28). The lowest BCUT2D eigenvalue weighted by Gasteiger charge is -2.25. The molecule has 4 rings (SSSR count). The average Bonchev–Trinajstić information content (AvgIpc) is 2.72. The molecule has 1 aliphatic carbocycles. The number of ketones is 1. The molecule has 0 aliphatic heterocycles. The van der Waals surface area contributed by atoms with E-state index in [-0.39, 0.29) is 5.78 Å². The van der Waals surface area contributed by atoms with Crippen LogP contribution < -0.4 is 5.32 Å². The van der Waals surface area contributed by atoms with E-state index in [1.165, 1.54) is 19.3 Å². The number of carbonyl (C=O) groups excluding carboxylic acids is 1. The van der Waals surface area contributed by atoms with Gasteiger partial charge in [-0.1, -0.05) is 48.5 Å². The number of rotatable bonds is 4. The van der Waals surface area contributed by atoms with Crippen LogP contribution in [0.25, 0.3) is 22.0 Å². The number of hydrogen-bond acceptors (Lipinski definition) is 3. The van der Waals surface area contributed by atoms with Crippen LogP contribution in [-0.2, 0) is 0 Å². The van der Waals surface area contributed by atoms with Crippen molar-refractivity contribution in [3.63, 3.8) is 0 Å². The predicted molar refractivity (Wildman–Crippen MR) is 122 cm³/mol. The SMILES string of the molecule is CC(=O)c1cnc2ccc(-c3cc(Cl)c(C)c(Cl)c3)cc2c1NC1CCCCC1. The van der Waals surface area contributed by atoms with Gasteiger partial charge in [-0.15, -0.1) is 0 Å². The Balaban J connectivity index is 1.85. The van der Waals surface area contributed by atoms with E-state index in [0.29, 0.717) is 21.7 Å². The first kappa shape index (κ1) is 20.2. The van der Waals surface area contributed by atoms with E-state index in [1.54, 1.807) is 13.1 Å². The summed E-state index contributed by atoms with van der Waals surface area (Å²) in [6, 6.07) is 10.3.